The monoisotopic (exact) mass is 339 g/mol. The zero-order valence-electron chi connectivity index (χ0n) is 13.5. The van der Waals surface area contributed by atoms with Gasteiger partial charge in [0.2, 0.25) is 11.8 Å². The van der Waals surface area contributed by atoms with E-state index < -0.39 is 0 Å². The van der Waals surface area contributed by atoms with E-state index in [9.17, 15) is 4.79 Å². The number of carbonyl (C=O) groups excluding carboxylic acids is 1. The molecule has 1 aliphatic rings. The number of furan rings is 2. The van der Waals surface area contributed by atoms with Crippen LogP contribution in [0.1, 0.15) is 30.4 Å². The summed E-state index contributed by atoms with van der Waals surface area (Å²) < 4.78 is 16.2. The number of carbonyl (C=O) groups is 1. The van der Waals surface area contributed by atoms with Crippen molar-refractivity contribution >= 4 is 12.0 Å². The van der Waals surface area contributed by atoms with Crippen molar-refractivity contribution in [3.8, 4) is 11.7 Å². The molecule has 0 aliphatic carbocycles. The third-order valence-electron chi connectivity index (χ3n) is 4.26. The fourth-order valence-electron chi connectivity index (χ4n) is 2.89. The summed E-state index contributed by atoms with van der Waals surface area (Å²) in [6.45, 7) is 1.31. The summed E-state index contributed by atoms with van der Waals surface area (Å²) in [6, 6.07) is 7.16. The maximum Gasteiger partial charge on any atom is 0.283 e. The van der Waals surface area contributed by atoms with Gasteiger partial charge in [-0.2, -0.15) is 0 Å². The zero-order chi connectivity index (χ0) is 17.1. The van der Waals surface area contributed by atoms with Gasteiger partial charge >= 0.3 is 0 Å². The van der Waals surface area contributed by atoms with E-state index >= 15 is 0 Å². The molecule has 0 radical (unpaired) electrons. The van der Waals surface area contributed by atoms with Gasteiger partial charge in [0.1, 0.15) is 5.76 Å². The Kier molecular flexibility index (Phi) is 4.20. The van der Waals surface area contributed by atoms with Gasteiger partial charge in [-0.1, -0.05) is 0 Å². The number of amides is 1. The lowest BCUT2D eigenvalue weighted by atomic mass is 9.97. The van der Waals surface area contributed by atoms with Crippen molar-refractivity contribution in [2.45, 2.75) is 18.8 Å². The van der Waals surface area contributed by atoms with E-state index in [1.165, 1.54) is 0 Å². The standard InChI is InChI=1S/C18H17N3O4/c22-16(6-5-14-3-1-11-23-14)21-9-7-13(8-10-21)17-19-20-18(25-17)15-4-2-12-24-15/h1-6,11-13H,7-10H2/b6-5+. The molecule has 7 heteroatoms. The normalized spacial score (nSPS) is 15.9. The molecular weight excluding hydrogens is 322 g/mol. The van der Waals surface area contributed by atoms with Gasteiger partial charge < -0.3 is 18.2 Å². The molecule has 4 heterocycles. The summed E-state index contributed by atoms with van der Waals surface area (Å²) in [4.78, 5) is 14.0. The minimum Gasteiger partial charge on any atom is -0.465 e. The van der Waals surface area contributed by atoms with Gasteiger partial charge in [-0.3, -0.25) is 4.79 Å². The Labute approximate surface area is 143 Å². The molecule has 0 unspecified atom stereocenters. The smallest absolute Gasteiger partial charge is 0.283 e. The van der Waals surface area contributed by atoms with Crippen LogP contribution < -0.4 is 0 Å². The van der Waals surface area contributed by atoms with Gasteiger partial charge in [-0.15, -0.1) is 10.2 Å². The summed E-state index contributed by atoms with van der Waals surface area (Å²) >= 11 is 0. The average molecular weight is 339 g/mol. The summed E-state index contributed by atoms with van der Waals surface area (Å²) in [6.07, 6.45) is 7.96. The van der Waals surface area contributed by atoms with Crippen LogP contribution in [0.15, 0.2) is 56.1 Å². The van der Waals surface area contributed by atoms with E-state index in [4.69, 9.17) is 13.3 Å². The lowest BCUT2D eigenvalue weighted by Crippen LogP contribution is -2.36. The second-order valence-corrected chi connectivity index (χ2v) is 5.87. The number of aromatic nitrogens is 2. The Morgan fingerprint density at radius 3 is 2.64 bits per heavy atom. The van der Waals surface area contributed by atoms with Crippen LogP contribution in [0.25, 0.3) is 17.7 Å². The summed E-state index contributed by atoms with van der Waals surface area (Å²) in [5.74, 6) is 2.37. The second kappa shape index (κ2) is 6.80. The molecule has 0 atom stereocenters. The maximum absolute atomic E-state index is 12.2. The topological polar surface area (TPSA) is 85.5 Å². The Bertz CT molecular complexity index is 841. The van der Waals surface area contributed by atoms with E-state index in [0.717, 1.165) is 12.8 Å². The van der Waals surface area contributed by atoms with Crippen LogP contribution >= 0.6 is 0 Å². The lowest BCUT2D eigenvalue weighted by molar-refractivity contribution is -0.127. The molecule has 3 aromatic rings. The molecule has 1 saturated heterocycles. The lowest BCUT2D eigenvalue weighted by Gasteiger charge is -2.29. The number of hydrogen-bond acceptors (Lipinski definition) is 6. The molecule has 0 aromatic carbocycles. The highest BCUT2D eigenvalue weighted by Crippen LogP contribution is 2.29. The highest BCUT2D eigenvalue weighted by molar-refractivity contribution is 5.91. The van der Waals surface area contributed by atoms with Crippen molar-refractivity contribution in [3.63, 3.8) is 0 Å². The predicted octanol–water partition coefficient (Wildman–Crippen LogP) is 3.34. The molecule has 1 amide bonds. The van der Waals surface area contributed by atoms with Crippen LogP contribution in [0.5, 0.6) is 0 Å². The minimum atomic E-state index is -0.0170. The second-order valence-electron chi connectivity index (χ2n) is 5.87. The summed E-state index contributed by atoms with van der Waals surface area (Å²) in [7, 11) is 0. The highest BCUT2D eigenvalue weighted by Gasteiger charge is 2.27. The molecule has 1 fully saturated rings. The summed E-state index contributed by atoms with van der Waals surface area (Å²) in [5, 5.41) is 8.16. The average Bonchev–Trinajstić information content (AvgIpc) is 3.42. The van der Waals surface area contributed by atoms with Crippen molar-refractivity contribution in [2.75, 3.05) is 13.1 Å². The number of likely N-dealkylation sites (tertiary alicyclic amines) is 1. The molecule has 0 bridgehead atoms. The van der Waals surface area contributed by atoms with Crippen LogP contribution in [-0.4, -0.2) is 34.1 Å². The van der Waals surface area contributed by atoms with Crippen molar-refractivity contribution in [3.05, 3.63) is 54.5 Å². The van der Waals surface area contributed by atoms with Crippen molar-refractivity contribution < 1.29 is 18.0 Å². The Balaban J connectivity index is 1.34. The first-order chi connectivity index (χ1) is 12.3. The van der Waals surface area contributed by atoms with Crippen molar-refractivity contribution in [1.82, 2.24) is 15.1 Å². The van der Waals surface area contributed by atoms with Crippen LogP contribution in [0.4, 0.5) is 0 Å². The fraction of sp³-hybridized carbons (Fsp3) is 0.278. The van der Waals surface area contributed by atoms with E-state index in [0.29, 0.717) is 36.4 Å². The van der Waals surface area contributed by atoms with Gasteiger partial charge in [0.25, 0.3) is 5.89 Å². The van der Waals surface area contributed by atoms with Crippen LogP contribution in [0, 0.1) is 0 Å². The van der Waals surface area contributed by atoms with Gasteiger partial charge in [0.05, 0.1) is 12.5 Å². The zero-order valence-corrected chi connectivity index (χ0v) is 13.5. The molecule has 0 saturated carbocycles. The number of rotatable bonds is 4. The fourth-order valence-corrected chi connectivity index (χ4v) is 2.89. The molecule has 7 nitrogen and oxygen atoms in total. The molecule has 25 heavy (non-hydrogen) atoms. The Morgan fingerprint density at radius 2 is 1.92 bits per heavy atom. The Hall–Kier alpha value is -3.09. The number of nitrogens with zero attached hydrogens (tertiary/aromatic N) is 3. The molecule has 0 spiro atoms. The number of piperidine rings is 1. The Morgan fingerprint density at radius 1 is 1.12 bits per heavy atom. The van der Waals surface area contributed by atoms with Gasteiger partial charge in [-0.25, -0.2) is 0 Å². The third-order valence-corrected chi connectivity index (χ3v) is 4.26. The van der Waals surface area contributed by atoms with Crippen molar-refractivity contribution in [1.29, 1.82) is 0 Å². The first-order valence-corrected chi connectivity index (χ1v) is 8.17. The molecule has 1 aliphatic heterocycles. The van der Waals surface area contributed by atoms with Gasteiger partial charge in [0.15, 0.2) is 5.76 Å². The molecular formula is C18H17N3O4. The SMILES string of the molecule is O=C(/C=C/c1ccco1)N1CCC(c2nnc(-c3ccco3)o2)CC1. The van der Waals surface area contributed by atoms with Crippen LogP contribution in [0.3, 0.4) is 0 Å². The van der Waals surface area contributed by atoms with Crippen molar-refractivity contribution in [2.24, 2.45) is 0 Å². The summed E-state index contributed by atoms with van der Waals surface area (Å²) in [5.41, 5.74) is 0. The highest BCUT2D eigenvalue weighted by atomic mass is 16.4. The van der Waals surface area contributed by atoms with Crippen LogP contribution in [-0.2, 0) is 4.79 Å². The predicted molar refractivity (Wildman–Crippen MR) is 88.3 cm³/mol. The van der Waals surface area contributed by atoms with E-state index in [1.807, 2.05) is 11.0 Å². The van der Waals surface area contributed by atoms with E-state index in [-0.39, 0.29) is 11.8 Å². The van der Waals surface area contributed by atoms with E-state index in [2.05, 4.69) is 10.2 Å². The molecule has 3 aromatic heterocycles. The minimum absolute atomic E-state index is 0.0170. The van der Waals surface area contributed by atoms with E-state index in [1.54, 1.807) is 42.9 Å². The molecule has 4 rings (SSSR count). The molecule has 0 N–H and O–H groups in total. The van der Waals surface area contributed by atoms with Gasteiger partial charge in [0, 0.05) is 25.1 Å². The largest absolute Gasteiger partial charge is 0.465 e. The third kappa shape index (κ3) is 3.40. The number of hydrogen-bond donors (Lipinski definition) is 0. The van der Waals surface area contributed by atoms with Gasteiger partial charge in [-0.05, 0) is 43.2 Å². The van der Waals surface area contributed by atoms with Crippen LogP contribution in [0.2, 0.25) is 0 Å². The first-order valence-electron chi connectivity index (χ1n) is 8.17. The molecule has 128 valence electrons. The quantitative estimate of drug-likeness (QED) is 0.678. The maximum atomic E-state index is 12.2. The first kappa shape index (κ1) is 15.4.